The van der Waals surface area contributed by atoms with Crippen LogP contribution in [0.4, 0.5) is 17.1 Å². The molecular formula is C15H17N3O4S. The number of nitrogen functional groups attached to an aromatic ring is 1. The summed E-state index contributed by atoms with van der Waals surface area (Å²) in [5.74, 6) is 0.0571. The minimum Gasteiger partial charge on any atom is -0.508 e. The molecular weight excluding hydrogens is 318 g/mol. The number of anilines is 1. The second-order valence-electron chi connectivity index (χ2n) is 5.28. The van der Waals surface area contributed by atoms with Crippen LogP contribution >= 0.6 is 0 Å². The molecule has 0 heterocycles. The molecule has 122 valence electrons. The first-order chi connectivity index (χ1) is 10.6. The van der Waals surface area contributed by atoms with E-state index in [1.54, 1.807) is 32.9 Å². The first-order valence-corrected chi connectivity index (χ1v) is 8.13. The monoisotopic (exact) mass is 335 g/mol. The molecule has 23 heavy (non-hydrogen) atoms. The van der Waals surface area contributed by atoms with Gasteiger partial charge in [-0.15, -0.1) is 5.11 Å². The fourth-order valence-corrected chi connectivity index (χ4v) is 2.83. The van der Waals surface area contributed by atoms with Gasteiger partial charge < -0.3 is 10.8 Å². The van der Waals surface area contributed by atoms with E-state index in [1.807, 2.05) is 0 Å². The van der Waals surface area contributed by atoms with Crippen LogP contribution in [0, 0.1) is 20.8 Å². The Labute approximate surface area is 134 Å². The highest BCUT2D eigenvalue weighted by molar-refractivity contribution is 7.85. The summed E-state index contributed by atoms with van der Waals surface area (Å²) in [5.41, 5.74) is 8.38. The van der Waals surface area contributed by atoms with E-state index >= 15 is 0 Å². The van der Waals surface area contributed by atoms with Crippen molar-refractivity contribution >= 4 is 27.2 Å². The molecule has 0 saturated heterocycles. The Hall–Kier alpha value is -2.45. The Bertz CT molecular complexity index is 905. The summed E-state index contributed by atoms with van der Waals surface area (Å²) in [7, 11) is -4.34. The minimum absolute atomic E-state index is 0.0571. The van der Waals surface area contributed by atoms with Crippen LogP contribution in [0.2, 0.25) is 0 Å². The molecule has 4 N–H and O–H groups in total. The highest BCUT2D eigenvalue weighted by Crippen LogP contribution is 2.32. The minimum atomic E-state index is -4.34. The summed E-state index contributed by atoms with van der Waals surface area (Å²) in [4.78, 5) is -0.216. The largest absolute Gasteiger partial charge is 0.508 e. The Morgan fingerprint density at radius 2 is 1.52 bits per heavy atom. The Morgan fingerprint density at radius 3 is 2.13 bits per heavy atom. The first-order valence-electron chi connectivity index (χ1n) is 6.69. The van der Waals surface area contributed by atoms with Gasteiger partial charge in [-0.05, 0) is 49.6 Å². The average Bonchev–Trinajstić information content (AvgIpc) is 2.41. The van der Waals surface area contributed by atoms with E-state index < -0.39 is 10.1 Å². The van der Waals surface area contributed by atoms with Crippen molar-refractivity contribution in [2.24, 2.45) is 10.2 Å². The predicted molar refractivity (Wildman–Crippen MR) is 87.2 cm³/mol. The molecule has 0 aromatic heterocycles. The van der Waals surface area contributed by atoms with E-state index in [0.29, 0.717) is 28.1 Å². The van der Waals surface area contributed by atoms with Crippen LogP contribution in [0.15, 0.2) is 39.4 Å². The third-order valence-corrected chi connectivity index (χ3v) is 4.38. The van der Waals surface area contributed by atoms with Crippen LogP contribution in [-0.2, 0) is 10.1 Å². The fourth-order valence-electron chi connectivity index (χ4n) is 2.10. The van der Waals surface area contributed by atoms with E-state index in [-0.39, 0.29) is 16.3 Å². The standard InChI is InChI=1S/C15H17N3O4S/c1-8-4-10(3)15(23(20,21)22)7-12(8)17-18-13-5-9(2)14(19)6-11(13)16/h4-7,19H,16H2,1-3H3,(H,20,21,22). The van der Waals surface area contributed by atoms with E-state index in [9.17, 15) is 18.1 Å². The molecule has 2 aromatic carbocycles. The zero-order chi connectivity index (χ0) is 17.4. The Morgan fingerprint density at radius 1 is 0.913 bits per heavy atom. The molecule has 2 rings (SSSR count). The third-order valence-electron chi connectivity index (χ3n) is 3.38. The van der Waals surface area contributed by atoms with Crippen molar-refractivity contribution < 1.29 is 18.1 Å². The number of aryl methyl sites for hydroxylation is 3. The van der Waals surface area contributed by atoms with E-state index in [2.05, 4.69) is 10.2 Å². The first kappa shape index (κ1) is 16.9. The van der Waals surface area contributed by atoms with Crippen molar-refractivity contribution in [1.82, 2.24) is 0 Å². The lowest BCUT2D eigenvalue weighted by Crippen LogP contribution is -2.01. The number of nitrogens with two attached hydrogens (primary N) is 1. The molecule has 0 spiro atoms. The molecule has 0 aliphatic carbocycles. The zero-order valence-electron chi connectivity index (χ0n) is 12.9. The Balaban J connectivity index is 2.50. The van der Waals surface area contributed by atoms with Gasteiger partial charge in [0.1, 0.15) is 11.4 Å². The zero-order valence-corrected chi connectivity index (χ0v) is 13.7. The van der Waals surface area contributed by atoms with Gasteiger partial charge in [0, 0.05) is 6.07 Å². The van der Waals surface area contributed by atoms with Crippen molar-refractivity contribution in [3.63, 3.8) is 0 Å². The van der Waals surface area contributed by atoms with Gasteiger partial charge in [0.2, 0.25) is 0 Å². The Kier molecular flexibility index (Phi) is 4.39. The van der Waals surface area contributed by atoms with Gasteiger partial charge in [-0.2, -0.15) is 13.5 Å². The number of benzene rings is 2. The molecule has 0 unspecified atom stereocenters. The van der Waals surface area contributed by atoms with Crippen molar-refractivity contribution in [2.75, 3.05) is 5.73 Å². The van der Waals surface area contributed by atoms with Crippen LogP contribution in [0.25, 0.3) is 0 Å². The number of rotatable bonds is 3. The highest BCUT2D eigenvalue weighted by Gasteiger charge is 2.15. The topological polar surface area (TPSA) is 125 Å². The van der Waals surface area contributed by atoms with Crippen molar-refractivity contribution in [3.05, 3.63) is 41.0 Å². The van der Waals surface area contributed by atoms with Crippen molar-refractivity contribution in [3.8, 4) is 5.75 Å². The average molecular weight is 335 g/mol. The maximum absolute atomic E-state index is 11.4. The molecule has 0 saturated carbocycles. The molecule has 7 nitrogen and oxygen atoms in total. The summed E-state index contributed by atoms with van der Waals surface area (Å²) in [5, 5.41) is 17.6. The molecule has 2 aromatic rings. The van der Waals surface area contributed by atoms with Crippen LogP contribution in [0.3, 0.4) is 0 Å². The van der Waals surface area contributed by atoms with Gasteiger partial charge in [-0.1, -0.05) is 6.07 Å². The van der Waals surface area contributed by atoms with E-state index in [1.165, 1.54) is 12.1 Å². The maximum Gasteiger partial charge on any atom is 0.294 e. The number of phenols is 1. The van der Waals surface area contributed by atoms with Gasteiger partial charge in [-0.25, -0.2) is 0 Å². The fraction of sp³-hybridized carbons (Fsp3) is 0.200. The van der Waals surface area contributed by atoms with Crippen LogP contribution < -0.4 is 5.73 Å². The summed E-state index contributed by atoms with van der Waals surface area (Å²) in [6.45, 7) is 5.03. The second-order valence-corrected chi connectivity index (χ2v) is 6.67. The lowest BCUT2D eigenvalue weighted by Gasteiger charge is -2.07. The molecule has 0 aliphatic heterocycles. The number of hydrogen-bond acceptors (Lipinski definition) is 6. The number of hydrogen-bond donors (Lipinski definition) is 3. The van der Waals surface area contributed by atoms with Crippen molar-refractivity contribution in [2.45, 2.75) is 25.7 Å². The molecule has 0 fully saturated rings. The predicted octanol–water partition coefficient (Wildman–Crippen LogP) is 3.56. The molecule has 0 radical (unpaired) electrons. The van der Waals surface area contributed by atoms with Crippen LogP contribution in [-0.4, -0.2) is 18.1 Å². The molecule has 0 aliphatic rings. The summed E-state index contributed by atoms with van der Waals surface area (Å²) in [6, 6.07) is 5.80. The SMILES string of the molecule is Cc1cc(N=Nc2cc(S(=O)(=O)O)c(C)cc2C)c(N)cc1O. The quantitative estimate of drug-likeness (QED) is 0.449. The van der Waals surface area contributed by atoms with Crippen LogP contribution in [0.5, 0.6) is 5.75 Å². The summed E-state index contributed by atoms with van der Waals surface area (Å²) >= 11 is 0. The van der Waals surface area contributed by atoms with Crippen molar-refractivity contribution in [1.29, 1.82) is 0 Å². The molecule has 8 heteroatoms. The summed E-state index contributed by atoms with van der Waals surface area (Å²) in [6.07, 6.45) is 0. The van der Waals surface area contributed by atoms with Gasteiger partial charge in [-0.3, -0.25) is 4.55 Å². The lowest BCUT2D eigenvalue weighted by atomic mass is 10.1. The smallest absolute Gasteiger partial charge is 0.294 e. The van der Waals surface area contributed by atoms with Gasteiger partial charge in [0.05, 0.1) is 16.3 Å². The number of phenolic OH excluding ortho intramolecular Hbond substituents is 1. The van der Waals surface area contributed by atoms with Crippen LogP contribution in [0.1, 0.15) is 16.7 Å². The molecule has 0 amide bonds. The number of azo groups is 1. The third kappa shape index (κ3) is 3.66. The summed E-state index contributed by atoms with van der Waals surface area (Å²) < 4.78 is 32.0. The van der Waals surface area contributed by atoms with Gasteiger partial charge in [0.15, 0.2) is 0 Å². The van der Waals surface area contributed by atoms with E-state index in [0.717, 1.165) is 0 Å². The second kappa shape index (κ2) is 5.98. The molecule has 0 bridgehead atoms. The highest BCUT2D eigenvalue weighted by atomic mass is 32.2. The normalized spacial score (nSPS) is 12.0. The maximum atomic E-state index is 11.4. The van der Waals surface area contributed by atoms with Gasteiger partial charge in [0.25, 0.3) is 10.1 Å². The van der Waals surface area contributed by atoms with E-state index in [4.69, 9.17) is 5.73 Å². The molecule has 0 atom stereocenters. The number of nitrogens with zero attached hydrogens (tertiary/aromatic N) is 2. The number of aromatic hydroxyl groups is 1. The van der Waals surface area contributed by atoms with Gasteiger partial charge >= 0.3 is 0 Å². The lowest BCUT2D eigenvalue weighted by molar-refractivity contribution is 0.471.